The van der Waals surface area contributed by atoms with Crippen LogP contribution in [-0.2, 0) is 5.41 Å². The van der Waals surface area contributed by atoms with Crippen LogP contribution >= 0.6 is 11.6 Å². The Morgan fingerprint density at radius 3 is 2.57 bits per heavy atom. The van der Waals surface area contributed by atoms with E-state index in [9.17, 15) is 0 Å². The van der Waals surface area contributed by atoms with Crippen molar-refractivity contribution < 1.29 is 1.43 Å². The smallest absolute Gasteiger partial charge is 0.0410 e. The second-order valence-corrected chi connectivity index (χ2v) is 8.97. The van der Waals surface area contributed by atoms with E-state index in [1.807, 2.05) is 6.07 Å². The molecule has 2 atom stereocenters. The van der Waals surface area contributed by atoms with Gasteiger partial charge in [-0.1, -0.05) is 24.4 Å². The Labute approximate surface area is 146 Å². The summed E-state index contributed by atoms with van der Waals surface area (Å²) in [6.07, 6.45) is 10.1. The molecule has 3 heteroatoms. The summed E-state index contributed by atoms with van der Waals surface area (Å²) in [6, 6.07) is 7.27. The predicted octanol–water partition coefficient (Wildman–Crippen LogP) is 4.92. The van der Waals surface area contributed by atoms with Crippen molar-refractivity contribution in [2.24, 2.45) is 11.8 Å². The number of likely N-dealkylation sites (tertiary alicyclic amines) is 1. The van der Waals surface area contributed by atoms with Gasteiger partial charge in [-0.05, 0) is 80.8 Å². The van der Waals surface area contributed by atoms with Gasteiger partial charge in [0.2, 0.25) is 0 Å². The molecule has 4 aliphatic rings. The number of nitrogens with one attached hydrogen (secondary N) is 1. The van der Waals surface area contributed by atoms with Crippen molar-refractivity contribution >= 4 is 17.3 Å². The quantitative estimate of drug-likeness (QED) is 0.785. The van der Waals surface area contributed by atoms with Crippen LogP contribution < -0.4 is 5.32 Å². The first-order chi connectivity index (χ1) is 11.2. The van der Waals surface area contributed by atoms with Crippen LogP contribution in [0.2, 0.25) is 5.02 Å². The average molecular weight is 333 g/mol. The zero-order valence-electron chi connectivity index (χ0n) is 13.9. The Morgan fingerprint density at radius 1 is 1.09 bits per heavy atom. The summed E-state index contributed by atoms with van der Waals surface area (Å²) < 4.78 is 0. The van der Waals surface area contributed by atoms with Crippen LogP contribution in [0.15, 0.2) is 18.2 Å². The molecule has 2 bridgehead atoms. The molecule has 23 heavy (non-hydrogen) atoms. The second kappa shape index (κ2) is 5.39. The highest BCUT2D eigenvalue weighted by Crippen LogP contribution is 2.48. The Morgan fingerprint density at radius 2 is 1.83 bits per heavy atom. The minimum Gasteiger partial charge on any atom is -0.384 e. The first kappa shape index (κ1) is 14.6. The van der Waals surface area contributed by atoms with Crippen molar-refractivity contribution in [3.05, 3.63) is 28.8 Å². The molecule has 2 aliphatic heterocycles. The first-order valence-corrected chi connectivity index (χ1v) is 9.88. The number of fused-ring (bicyclic) bond motifs is 4. The second-order valence-electron chi connectivity index (χ2n) is 8.53. The maximum atomic E-state index is 6.28. The molecule has 0 aromatic heterocycles. The Balaban J connectivity index is 0.00000146. The lowest BCUT2D eigenvalue weighted by Gasteiger charge is -2.45. The topological polar surface area (TPSA) is 15.3 Å². The lowest BCUT2D eigenvalue weighted by Crippen LogP contribution is -2.49. The van der Waals surface area contributed by atoms with Crippen LogP contribution in [0.4, 0.5) is 5.69 Å². The monoisotopic (exact) mass is 332 g/mol. The average Bonchev–Trinajstić information content (AvgIpc) is 3.09. The largest absolute Gasteiger partial charge is 0.384 e. The summed E-state index contributed by atoms with van der Waals surface area (Å²) >= 11 is 6.28. The zero-order valence-corrected chi connectivity index (χ0v) is 14.6. The van der Waals surface area contributed by atoms with Crippen LogP contribution in [-0.4, -0.2) is 30.6 Å². The highest BCUT2D eigenvalue weighted by molar-refractivity contribution is 6.30. The third-order valence-corrected chi connectivity index (χ3v) is 7.54. The van der Waals surface area contributed by atoms with Gasteiger partial charge in [-0.3, -0.25) is 0 Å². The van der Waals surface area contributed by atoms with E-state index in [4.69, 9.17) is 11.6 Å². The fraction of sp³-hybridized carbons (Fsp3) is 0.700. The summed E-state index contributed by atoms with van der Waals surface area (Å²) in [5.41, 5.74) is 3.14. The SMILES string of the molecule is Clc1ccc2c(c1)C1(CCN(C3CC4CCC(C4)C3)CC1)CN2.[HH]. The molecule has 5 rings (SSSR count). The summed E-state index contributed by atoms with van der Waals surface area (Å²) in [5, 5.41) is 4.52. The van der Waals surface area contributed by atoms with E-state index in [-0.39, 0.29) is 1.43 Å². The minimum absolute atomic E-state index is 0. The van der Waals surface area contributed by atoms with E-state index >= 15 is 0 Å². The summed E-state index contributed by atoms with van der Waals surface area (Å²) in [6.45, 7) is 3.65. The summed E-state index contributed by atoms with van der Waals surface area (Å²) in [4.78, 5) is 2.83. The zero-order chi connectivity index (χ0) is 15.4. The van der Waals surface area contributed by atoms with Crippen LogP contribution in [0.25, 0.3) is 0 Å². The standard InChI is InChI=1S/C20H27ClN2.H2/c21-16-3-4-19-18(12-16)20(13-22-19)5-7-23(8-6-20)17-10-14-1-2-15(9-14)11-17;/h3-4,12,14-15,17,22H,1-2,5-11,13H2;1H. The molecule has 2 aliphatic carbocycles. The van der Waals surface area contributed by atoms with E-state index in [0.29, 0.717) is 5.41 Å². The van der Waals surface area contributed by atoms with Crippen molar-refractivity contribution in [3.63, 3.8) is 0 Å². The highest BCUT2D eigenvalue weighted by atomic mass is 35.5. The van der Waals surface area contributed by atoms with E-state index in [2.05, 4.69) is 22.3 Å². The lowest BCUT2D eigenvalue weighted by atomic mass is 9.73. The van der Waals surface area contributed by atoms with Gasteiger partial charge in [0.05, 0.1) is 0 Å². The lowest BCUT2D eigenvalue weighted by molar-refractivity contribution is 0.0796. The van der Waals surface area contributed by atoms with E-state index in [1.54, 1.807) is 0 Å². The molecule has 0 radical (unpaired) electrons. The van der Waals surface area contributed by atoms with Gasteiger partial charge >= 0.3 is 0 Å². The van der Waals surface area contributed by atoms with Crippen molar-refractivity contribution in [1.82, 2.24) is 4.90 Å². The molecule has 1 spiro atoms. The van der Waals surface area contributed by atoms with E-state index in [0.717, 1.165) is 29.4 Å². The van der Waals surface area contributed by atoms with Crippen molar-refractivity contribution in [1.29, 1.82) is 0 Å². The molecule has 1 aromatic carbocycles. The molecule has 1 saturated heterocycles. The third-order valence-electron chi connectivity index (χ3n) is 7.30. The molecule has 2 heterocycles. The van der Waals surface area contributed by atoms with Gasteiger partial charge in [-0.15, -0.1) is 0 Å². The number of halogens is 1. The number of nitrogens with zero attached hydrogens (tertiary/aromatic N) is 1. The van der Waals surface area contributed by atoms with Gasteiger partial charge < -0.3 is 10.2 Å². The molecule has 3 fully saturated rings. The predicted molar refractivity (Wildman–Crippen MR) is 98.4 cm³/mol. The normalized spacial score (nSPS) is 35.3. The molecule has 2 unspecified atom stereocenters. The number of anilines is 1. The van der Waals surface area contributed by atoms with Gasteiger partial charge in [0.15, 0.2) is 0 Å². The molecule has 0 amide bonds. The molecule has 2 nitrogen and oxygen atoms in total. The van der Waals surface area contributed by atoms with Gasteiger partial charge in [0, 0.05) is 30.1 Å². The molecule has 2 saturated carbocycles. The highest BCUT2D eigenvalue weighted by Gasteiger charge is 2.44. The van der Waals surface area contributed by atoms with Crippen molar-refractivity contribution in [2.75, 3.05) is 25.0 Å². The Bertz CT molecular complexity index is 600. The summed E-state index contributed by atoms with van der Waals surface area (Å²) in [7, 11) is 0. The molecular weight excluding hydrogens is 304 g/mol. The first-order valence-electron chi connectivity index (χ1n) is 9.50. The maximum Gasteiger partial charge on any atom is 0.0410 e. The number of benzene rings is 1. The summed E-state index contributed by atoms with van der Waals surface area (Å²) in [5.74, 6) is 2.09. The third kappa shape index (κ3) is 2.41. The Hall–Kier alpha value is -0.730. The number of rotatable bonds is 1. The van der Waals surface area contributed by atoms with Crippen LogP contribution in [0, 0.1) is 11.8 Å². The minimum atomic E-state index is 0. The van der Waals surface area contributed by atoms with Gasteiger partial charge in [0.25, 0.3) is 0 Å². The van der Waals surface area contributed by atoms with Gasteiger partial charge in [-0.25, -0.2) is 0 Å². The Kier molecular flexibility index (Phi) is 3.42. The van der Waals surface area contributed by atoms with Gasteiger partial charge in [-0.2, -0.15) is 0 Å². The maximum absolute atomic E-state index is 6.28. The molecule has 126 valence electrons. The number of piperidine rings is 1. The van der Waals surface area contributed by atoms with Crippen molar-refractivity contribution in [2.45, 2.75) is 56.4 Å². The molecule has 1 aromatic rings. The fourth-order valence-corrected chi connectivity index (χ4v) is 6.18. The van der Waals surface area contributed by atoms with Crippen LogP contribution in [0.5, 0.6) is 0 Å². The van der Waals surface area contributed by atoms with Crippen LogP contribution in [0.3, 0.4) is 0 Å². The van der Waals surface area contributed by atoms with E-state index < -0.39 is 0 Å². The fourth-order valence-electron chi connectivity index (χ4n) is 6.00. The number of hydrogen-bond donors (Lipinski definition) is 1. The van der Waals surface area contributed by atoms with Crippen molar-refractivity contribution in [3.8, 4) is 0 Å². The van der Waals surface area contributed by atoms with E-state index in [1.165, 1.54) is 69.3 Å². The number of hydrogen-bond acceptors (Lipinski definition) is 2. The molecule has 1 N–H and O–H groups in total. The van der Waals surface area contributed by atoms with Gasteiger partial charge in [0.1, 0.15) is 0 Å². The molecular formula is C20H29ClN2. The van der Waals surface area contributed by atoms with Crippen LogP contribution in [0.1, 0.15) is 51.9 Å².